The van der Waals surface area contributed by atoms with Gasteiger partial charge < -0.3 is 8.92 Å². The zero-order valence-corrected chi connectivity index (χ0v) is 14.6. The highest BCUT2D eigenvalue weighted by atomic mass is 35.5. The third-order valence-electron chi connectivity index (χ3n) is 3.06. The van der Waals surface area contributed by atoms with E-state index in [0.717, 1.165) is 6.26 Å². The number of hydrogen-bond donors (Lipinski definition) is 0. The van der Waals surface area contributed by atoms with Crippen molar-refractivity contribution in [2.45, 2.75) is 0 Å². The molecule has 2 heterocycles. The molecule has 0 radical (unpaired) electrons. The van der Waals surface area contributed by atoms with Gasteiger partial charge in [-0.05, 0) is 24.3 Å². The van der Waals surface area contributed by atoms with Crippen LogP contribution in [-0.4, -0.2) is 47.5 Å². The second-order valence-corrected chi connectivity index (χ2v) is 6.91. The Hall–Kier alpha value is -2.72. The van der Waals surface area contributed by atoms with Crippen LogP contribution in [0.5, 0.6) is 5.88 Å². The summed E-state index contributed by atoms with van der Waals surface area (Å²) in [5, 5.41) is 4.85. The SMILES string of the molecule is COC(=O)c1ncc2c(OS(C)(=O)=O)nn(-c3ccc(Cl)cc3)c2n1. The van der Waals surface area contributed by atoms with Gasteiger partial charge in [-0.2, -0.15) is 8.42 Å². The maximum Gasteiger partial charge on any atom is 0.376 e. The average Bonchev–Trinajstić information content (AvgIpc) is 2.91. The Balaban J connectivity index is 2.25. The van der Waals surface area contributed by atoms with Crippen LogP contribution in [0.1, 0.15) is 10.6 Å². The summed E-state index contributed by atoms with van der Waals surface area (Å²) in [6.45, 7) is 0. The van der Waals surface area contributed by atoms with E-state index < -0.39 is 16.1 Å². The third-order valence-corrected chi connectivity index (χ3v) is 3.77. The summed E-state index contributed by atoms with van der Waals surface area (Å²) in [7, 11) is -2.62. The van der Waals surface area contributed by atoms with Gasteiger partial charge in [-0.25, -0.2) is 19.4 Å². The van der Waals surface area contributed by atoms with Gasteiger partial charge in [0.15, 0.2) is 5.65 Å². The molecule has 25 heavy (non-hydrogen) atoms. The van der Waals surface area contributed by atoms with E-state index in [9.17, 15) is 13.2 Å². The molecule has 3 aromatic rings. The number of aromatic nitrogens is 4. The fourth-order valence-corrected chi connectivity index (χ4v) is 2.57. The van der Waals surface area contributed by atoms with Crippen LogP contribution in [0.25, 0.3) is 16.7 Å². The molecule has 3 rings (SSSR count). The molecular formula is C14H11ClN4O5S. The molecule has 0 aliphatic carbocycles. The number of fused-ring (bicyclic) bond motifs is 1. The van der Waals surface area contributed by atoms with Crippen LogP contribution in [-0.2, 0) is 14.9 Å². The van der Waals surface area contributed by atoms with Gasteiger partial charge in [0, 0.05) is 11.2 Å². The van der Waals surface area contributed by atoms with E-state index in [1.807, 2.05) is 0 Å². The van der Waals surface area contributed by atoms with Crippen molar-refractivity contribution < 1.29 is 22.1 Å². The number of ether oxygens (including phenoxy) is 1. The second kappa shape index (κ2) is 6.30. The molecular weight excluding hydrogens is 372 g/mol. The largest absolute Gasteiger partial charge is 0.463 e. The minimum Gasteiger partial charge on any atom is -0.463 e. The van der Waals surface area contributed by atoms with E-state index in [1.165, 1.54) is 18.0 Å². The van der Waals surface area contributed by atoms with Crippen molar-refractivity contribution in [1.82, 2.24) is 19.7 Å². The minimum atomic E-state index is -3.82. The predicted octanol–water partition coefficient (Wildman–Crippen LogP) is 1.59. The first kappa shape index (κ1) is 17.1. The maximum atomic E-state index is 11.7. The van der Waals surface area contributed by atoms with Crippen molar-refractivity contribution in [2.24, 2.45) is 0 Å². The number of carbonyl (C=O) groups is 1. The number of nitrogens with zero attached hydrogens (tertiary/aromatic N) is 4. The Labute approximate surface area is 147 Å². The van der Waals surface area contributed by atoms with Crippen LogP contribution in [0.15, 0.2) is 30.5 Å². The standard InChI is InChI=1S/C14H11ClN4O5S/c1-23-14(20)11-16-7-10-12(17-11)19(9-5-3-8(15)4-6-9)18-13(10)24-25(2,21)22/h3-7H,1-2H3. The van der Waals surface area contributed by atoms with E-state index >= 15 is 0 Å². The lowest BCUT2D eigenvalue weighted by atomic mass is 10.3. The number of rotatable bonds is 4. The van der Waals surface area contributed by atoms with Gasteiger partial charge in [0.1, 0.15) is 5.39 Å². The van der Waals surface area contributed by atoms with Crippen LogP contribution in [0.2, 0.25) is 5.02 Å². The van der Waals surface area contributed by atoms with Crippen molar-refractivity contribution in [1.29, 1.82) is 0 Å². The van der Waals surface area contributed by atoms with Crippen LogP contribution in [0, 0.1) is 0 Å². The van der Waals surface area contributed by atoms with Crippen LogP contribution in [0.4, 0.5) is 0 Å². The molecule has 0 saturated carbocycles. The van der Waals surface area contributed by atoms with Gasteiger partial charge >= 0.3 is 16.1 Å². The topological polar surface area (TPSA) is 113 Å². The Morgan fingerprint density at radius 2 is 1.92 bits per heavy atom. The molecule has 0 amide bonds. The normalized spacial score (nSPS) is 11.5. The molecule has 1 aromatic carbocycles. The van der Waals surface area contributed by atoms with Crippen molar-refractivity contribution in [2.75, 3.05) is 13.4 Å². The molecule has 0 aliphatic heterocycles. The van der Waals surface area contributed by atoms with Crippen LogP contribution >= 0.6 is 11.6 Å². The van der Waals surface area contributed by atoms with Crippen LogP contribution < -0.4 is 4.18 Å². The molecule has 2 aromatic heterocycles. The fraction of sp³-hybridized carbons (Fsp3) is 0.143. The highest BCUT2D eigenvalue weighted by Crippen LogP contribution is 2.27. The summed E-state index contributed by atoms with van der Waals surface area (Å²) in [5.74, 6) is -1.14. The van der Waals surface area contributed by atoms with E-state index in [1.54, 1.807) is 24.3 Å². The number of benzene rings is 1. The van der Waals surface area contributed by atoms with Crippen molar-refractivity contribution >= 4 is 38.7 Å². The Morgan fingerprint density at radius 3 is 2.52 bits per heavy atom. The minimum absolute atomic E-state index is 0.177. The van der Waals surface area contributed by atoms with Gasteiger partial charge in [0.05, 0.1) is 19.1 Å². The van der Waals surface area contributed by atoms with E-state index in [0.29, 0.717) is 10.7 Å². The van der Waals surface area contributed by atoms with Gasteiger partial charge in [-0.15, -0.1) is 5.10 Å². The fourth-order valence-electron chi connectivity index (χ4n) is 2.03. The Morgan fingerprint density at radius 1 is 1.24 bits per heavy atom. The summed E-state index contributed by atoms with van der Waals surface area (Å²) < 4.78 is 33.7. The summed E-state index contributed by atoms with van der Waals surface area (Å²) >= 11 is 5.87. The monoisotopic (exact) mass is 382 g/mol. The molecule has 11 heteroatoms. The molecule has 130 valence electrons. The summed E-state index contributed by atoms with van der Waals surface area (Å²) in [6.07, 6.45) is 2.14. The summed E-state index contributed by atoms with van der Waals surface area (Å²) in [5.41, 5.74) is 0.712. The predicted molar refractivity (Wildman–Crippen MR) is 88.5 cm³/mol. The zero-order valence-electron chi connectivity index (χ0n) is 13.0. The number of methoxy groups -OCH3 is 1. The zero-order chi connectivity index (χ0) is 18.2. The third kappa shape index (κ3) is 3.54. The van der Waals surface area contributed by atoms with Gasteiger partial charge in [-0.1, -0.05) is 11.6 Å². The highest BCUT2D eigenvalue weighted by Gasteiger charge is 2.21. The Bertz CT molecular complexity index is 1060. The first-order valence-electron chi connectivity index (χ1n) is 6.78. The molecule has 0 atom stereocenters. The molecule has 0 fully saturated rings. The van der Waals surface area contributed by atoms with Gasteiger partial charge in [-0.3, -0.25) is 0 Å². The number of halogens is 1. The van der Waals surface area contributed by atoms with Crippen molar-refractivity contribution in [3.8, 4) is 11.6 Å². The number of hydrogen-bond acceptors (Lipinski definition) is 8. The molecule has 0 saturated heterocycles. The highest BCUT2D eigenvalue weighted by molar-refractivity contribution is 7.86. The molecule has 9 nitrogen and oxygen atoms in total. The molecule has 0 bridgehead atoms. The molecule has 0 N–H and O–H groups in total. The lowest BCUT2D eigenvalue weighted by molar-refractivity contribution is 0.0587. The first-order chi connectivity index (χ1) is 11.8. The quantitative estimate of drug-likeness (QED) is 0.493. The first-order valence-corrected chi connectivity index (χ1v) is 8.97. The molecule has 0 aliphatic rings. The molecule has 0 spiro atoms. The van der Waals surface area contributed by atoms with Crippen LogP contribution in [0.3, 0.4) is 0 Å². The Kier molecular flexibility index (Phi) is 4.31. The average molecular weight is 383 g/mol. The van der Waals surface area contributed by atoms with E-state index in [-0.39, 0.29) is 22.7 Å². The van der Waals surface area contributed by atoms with Gasteiger partial charge in [0.2, 0.25) is 5.82 Å². The van der Waals surface area contributed by atoms with E-state index in [4.69, 9.17) is 15.8 Å². The lowest BCUT2D eigenvalue weighted by Gasteiger charge is -2.03. The lowest BCUT2D eigenvalue weighted by Crippen LogP contribution is -2.08. The molecule has 0 unspecified atom stereocenters. The number of esters is 1. The van der Waals surface area contributed by atoms with Gasteiger partial charge in [0.25, 0.3) is 5.88 Å². The second-order valence-electron chi connectivity index (χ2n) is 4.90. The van der Waals surface area contributed by atoms with E-state index in [2.05, 4.69) is 19.8 Å². The smallest absolute Gasteiger partial charge is 0.376 e. The summed E-state index contributed by atoms with van der Waals surface area (Å²) in [4.78, 5) is 19.6. The van der Waals surface area contributed by atoms with Crippen molar-refractivity contribution in [3.63, 3.8) is 0 Å². The maximum absolute atomic E-state index is 11.7. The van der Waals surface area contributed by atoms with Crippen molar-refractivity contribution in [3.05, 3.63) is 41.3 Å². The number of carbonyl (C=O) groups excluding carboxylic acids is 1. The summed E-state index contributed by atoms with van der Waals surface area (Å²) in [6, 6.07) is 6.56.